The maximum atomic E-state index is 11.8. The first-order chi connectivity index (χ1) is 9.62. The van der Waals surface area contributed by atoms with Gasteiger partial charge in [0.1, 0.15) is 9.79 Å². The standard InChI is InChI=1S/C13H13NO5S2/c1-20(15,16)13-11(21(17,18)19)8-7-10(12(13)14)9-5-3-2-4-6-9/h2-8H,14H2,1H3,(H,17,18,19). The molecule has 0 saturated heterocycles. The Labute approximate surface area is 122 Å². The zero-order valence-electron chi connectivity index (χ0n) is 11.0. The summed E-state index contributed by atoms with van der Waals surface area (Å²) in [5.41, 5.74) is 6.65. The van der Waals surface area contributed by atoms with Crippen molar-refractivity contribution in [3.8, 4) is 11.1 Å². The van der Waals surface area contributed by atoms with E-state index in [0.29, 0.717) is 11.1 Å². The number of rotatable bonds is 3. The Hall–Kier alpha value is -1.90. The van der Waals surface area contributed by atoms with E-state index in [-0.39, 0.29) is 5.69 Å². The van der Waals surface area contributed by atoms with E-state index in [4.69, 9.17) is 5.73 Å². The minimum absolute atomic E-state index is 0.209. The molecule has 0 aliphatic carbocycles. The van der Waals surface area contributed by atoms with Gasteiger partial charge in [-0.3, -0.25) is 4.55 Å². The molecule has 0 unspecified atom stereocenters. The van der Waals surface area contributed by atoms with E-state index in [1.165, 1.54) is 6.07 Å². The van der Waals surface area contributed by atoms with E-state index in [0.717, 1.165) is 12.3 Å². The molecule has 0 aromatic heterocycles. The highest BCUT2D eigenvalue weighted by molar-refractivity contribution is 7.92. The van der Waals surface area contributed by atoms with Gasteiger partial charge in [0.15, 0.2) is 9.84 Å². The van der Waals surface area contributed by atoms with Gasteiger partial charge >= 0.3 is 0 Å². The van der Waals surface area contributed by atoms with Gasteiger partial charge in [0.2, 0.25) is 0 Å². The Morgan fingerprint density at radius 3 is 2.00 bits per heavy atom. The molecule has 112 valence electrons. The Kier molecular flexibility index (Phi) is 3.79. The molecule has 2 aromatic rings. The smallest absolute Gasteiger partial charge is 0.295 e. The van der Waals surface area contributed by atoms with Crippen LogP contribution in [0.1, 0.15) is 0 Å². The van der Waals surface area contributed by atoms with Gasteiger partial charge in [0.05, 0.1) is 5.69 Å². The van der Waals surface area contributed by atoms with Gasteiger partial charge in [-0.2, -0.15) is 8.42 Å². The number of sulfone groups is 1. The normalized spacial score (nSPS) is 12.3. The summed E-state index contributed by atoms with van der Waals surface area (Å²) in [6, 6.07) is 11.1. The average molecular weight is 327 g/mol. The molecule has 0 amide bonds. The summed E-state index contributed by atoms with van der Waals surface area (Å²) in [6.07, 6.45) is 0.835. The molecule has 3 N–H and O–H groups in total. The molecule has 6 nitrogen and oxygen atoms in total. The van der Waals surface area contributed by atoms with Gasteiger partial charge in [-0.05, 0) is 11.6 Å². The van der Waals surface area contributed by atoms with Crippen LogP contribution in [0, 0.1) is 0 Å². The van der Waals surface area contributed by atoms with E-state index in [1.54, 1.807) is 30.3 Å². The lowest BCUT2D eigenvalue weighted by Gasteiger charge is -2.13. The fourth-order valence-electron chi connectivity index (χ4n) is 2.03. The lowest BCUT2D eigenvalue weighted by atomic mass is 10.0. The zero-order valence-corrected chi connectivity index (χ0v) is 12.6. The maximum Gasteiger partial charge on any atom is 0.295 e. The minimum atomic E-state index is -4.70. The van der Waals surface area contributed by atoms with Crippen molar-refractivity contribution in [1.82, 2.24) is 0 Å². The van der Waals surface area contributed by atoms with Crippen molar-refractivity contribution in [2.24, 2.45) is 0 Å². The molecule has 0 radical (unpaired) electrons. The van der Waals surface area contributed by atoms with Crippen LogP contribution >= 0.6 is 0 Å². The molecule has 0 spiro atoms. The molecule has 2 aromatic carbocycles. The topological polar surface area (TPSA) is 115 Å². The number of nitrogens with two attached hydrogens (primary N) is 1. The molecule has 0 saturated carbocycles. The Balaban J connectivity index is 2.88. The summed E-state index contributed by atoms with van der Waals surface area (Å²) >= 11 is 0. The Bertz CT molecular complexity index is 888. The predicted octanol–water partition coefficient (Wildman–Crippen LogP) is 1.59. The van der Waals surface area contributed by atoms with Crippen molar-refractivity contribution in [2.75, 3.05) is 12.0 Å². The molecule has 0 atom stereocenters. The maximum absolute atomic E-state index is 11.8. The fourth-order valence-corrected chi connectivity index (χ4v) is 4.33. The van der Waals surface area contributed by atoms with E-state index < -0.39 is 29.7 Å². The highest BCUT2D eigenvalue weighted by atomic mass is 32.2. The third-order valence-corrected chi connectivity index (χ3v) is 5.10. The molecule has 0 heterocycles. The third kappa shape index (κ3) is 3.07. The fraction of sp³-hybridized carbons (Fsp3) is 0.0769. The number of benzene rings is 2. The molecule has 0 aliphatic rings. The third-order valence-electron chi connectivity index (χ3n) is 2.89. The minimum Gasteiger partial charge on any atom is -0.397 e. The van der Waals surface area contributed by atoms with Gasteiger partial charge in [-0.15, -0.1) is 0 Å². The first kappa shape index (κ1) is 15.5. The summed E-state index contributed by atoms with van der Waals surface area (Å²) in [5, 5.41) is 0. The monoisotopic (exact) mass is 327 g/mol. The van der Waals surface area contributed by atoms with Gasteiger partial charge in [-0.25, -0.2) is 8.42 Å². The lowest BCUT2D eigenvalue weighted by molar-refractivity contribution is 0.480. The quantitative estimate of drug-likeness (QED) is 0.653. The molecule has 0 aliphatic heterocycles. The summed E-state index contributed by atoms with van der Waals surface area (Å²) < 4.78 is 55.5. The van der Waals surface area contributed by atoms with Crippen LogP contribution in [0.3, 0.4) is 0 Å². The summed E-state index contributed by atoms with van der Waals surface area (Å²) in [6.45, 7) is 0. The largest absolute Gasteiger partial charge is 0.397 e. The van der Waals surface area contributed by atoms with Crippen LogP contribution in [0.5, 0.6) is 0 Å². The first-order valence-electron chi connectivity index (χ1n) is 5.78. The second kappa shape index (κ2) is 5.14. The molecule has 8 heteroatoms. The second-order valence-corrected chi connectivity index (χ2v) is 7.81. The zero-order chi connectivity index (χ0) is 15.8. The van der Waals surface area contributed by atoms with Crippen molar-refractivity contribution < 1.29 is 21.4 Å². The van der Waals surface area contributed by atoms with E-state index in [9.17, 15) is 21.4 Å². The second-order valence-electron chi connectivity index (χ2n) is 4.47. The molecule has 21 heavy (non-hydrogen) atoms. The van der Waals surface area contributed by atoms with Gasteiger partial charge in [0, 0.05) is 11.8 Å². The van der Waals surface area contributed by atoms with Crippen LogP contribution in [0.15, 0.2) is 52.3 Å². The highest BCUT2D eigenvalue weighted by Crippen LogP contribution is 2.35. The summed E-state index contributed by atoms with van der Waals surface area (Å²) in [4.78, 5) is -1.31. The number of hydrogen-bond donors (Lipinski definition) is 2. The highest BCUT2D eigenvalue weighted by Gasteiger charge is 2.26. The van der Waals surface area contributed by atoms with Crippen molar-refractivity contribution in [3.63, 3.8) is 0 Å². The van der Waals surface area contributed by atoms with Gasteiger partial charge < -0.3 is 5.73 Å². The van der Waals surface area contributed by atoms with Crippen molar-refractivity contribution >= 4 is 25.6 Å². The number of hydrogen-bond acceptors (Lipinski definition) is 5. The van der Waals surface area contributed by atoms with Crippen LogP contribution < -0.4 is 5.73 Å². The van der Waals surface area contributed by atoms with Crippen molar-refractivity contribution in [2.45, 2.75) is 9.79 Å². The van der Waals surface area contributed by atoms with Crippen LogP contribution in [-0.4, -0.2) is 27.6 Å². The lowest BCUT2D eigenvalue weighted by Crippen LogP contribution is -2.11. The average Bonchev–Trinajstić information content (AvgIpc) is 2.36. The van der Waals surface area contributed by atoms with Crippen LogP contribution in [-0.2, 0) is 20.0 Å². The molecule has 0 bridgehead atoms. The van der Waals surface area contributed by atoms with Crippen LogP contribution in [0.2, 0.25) is 0 Å². The van der Waals surface area contributed by atoms with Crippen molar-refractivity contribution in [3.05, 3.63) is 42.5 Å². The van der Waals surface area contributed by atoms with Gasteiger partial charge in [-0.1, -0.05) is 36.4 Å². The first-order valence-corrected chi connectivity index (χ1v) is 9.11. The number of nitrogen functional groups attached to an aromatic ring is 1. The van der Waals surface area contributed by atoms with Gasteiger partial charge in [0.25, 0.3) is 10.1 Å². The molecule has 0 fully saturated rings. The van der Waals surface area contributed by atoms with E-state index in [2.05, 4.69) is 0 Å². The predicted molar refractivity (Wildman–Crippen MR) is 79.2 cm³/mol. The molecular formula is C13H13NO5S2. The SMILES string of the molecule is CS(=O)(=O)c1c(S(=O)(=O)O)ccc(-c2ccccc2)c1N. The Morgan fingerprint density at radius 2 is 1.52 bits per heavy atom. The summed E-state index contributed by atoms with van der Waals surface area (Å²) in [5.74, 6) is 0. The number of anilines is 1. The van der Waals surface area contributed by atoms with E-state index >= 15 is 0 Å². The molecule has 2 rings (SSSR count). The van der Waals surface area contributed by atoms with Crippen LogP contribution in [0.25, 0.3) is 11.1 Å². The summed E-state index contributed by atoms with van der Waals surface area (Å²) in [7, 11) is -8.64. The molecular weight excluding hydrogens is 314 g/mol. The van der Waals surface area contributed by atoms with Crippen LogP contribution in [0.4, 0.5) is 5.69 Å². The van der Waals surface area contributed by atoms with Crippen molar-refractivity contribution in [1.29, 1.82) is 0 Å². The Morgan fingerprint density at radius 1 is 0.952 bits per heavy atom. The van der Waals surface area contributed by atoms with E-state index in [1.807, 2.05) is 0 Å².